The van der Waals surface area contributed by atoms with Gasteiger partial charge in [-0.3, -0.25) is 0 Å². The number of nitrogens with zero attached hydrogens (tertiary/aromatic N) is 5. The molecule has 2 heterocycles. The predicted molar refractivity (Wildman–Crippen MR) is 158 cm³/mol. The molecule has 44 heavy (non-hydrogen) atoms. The van der Waals surface area contributed by atoms with Crippen LogP contribution in [0.2, 0.25) is 0 Å². The molecule has 0 amide bonds. The highest BCUT2D eigenvalue weighted by molar-refractivity contribution is 5.53. The number of anilines is 2. The summed E-state index contributed by atoms with van der Waals surface area (Å²) in [6.07, 6.45) is 0.866. The quantitative estimate of drug-likeness (QED) is 0.213. The van der Waals surface area contributed by atoms with Crippen LogP contribution in [0, 0.1) is 18.8 Å². The number of alkyl halides is 6. The number of pyridine rings is 1. The highest BCUT2D eigenvalue weighted by atomic mass is 19.4. The van der Waals surface area contributed by atoms with E-state index in [2.05, 4.69) is 20.9 Å². The van der Waals surface area contributed by atoms with Crippen molar-refractivity contribution in [1.29, 1.82) is 0 Å². The second-order valence-corrected chi connectivity index (χ2v) is 12.1. The summed E-state index contributed by atoms with van der Waals surface area (Å²) in [5.41, 5.74) is 1.12. The highest BCUT2D eigenvalue weighted by Crippen LogP contribution is 2.39. The van der Waals surface area contributed by atoms with E-state index in [1.54, 1.807) is 17.3 Å². The highest BCUT2D eigenvalue weighted by Gasteiger charge is 2.37. The molecule has 11 heteroatoms. The summed E-state index contributed by atoms with van der Waals surface area (Å²) in [5.74, 6) is 2.34. The summed E-state index contributed by atoms with van der Waals surface area (Å²) < 4.78 is 81.9. The van der Waals surface area contributed by atoms with Gasteiger partial charge in [0.2, 0.25) is 5.95 Å². The third-order valence-electron chi connectivity index (χ3n) is 8.19. The lowest BCUT2D eigenvalue weighted by Crippen LogP contribution is -2.32. The summed E-state index contributed by atoms with van der Waals surface area (Å²) in [6, 6.07) is 3.86. The Balaban J connectivity index is 0.00000188. The monoisotopic (exact) mass is 619 g/mol. The minimum absolute atomic E-state index is 0.121. The first-order valence-electron chi connectivity index (χ1n) is 15.5. The fourth-order valence-corrected chi connectivity index (χ4v) is 5.65. The van der Waals surface area contributed by atoms with Crippen molar-refractivity contribution in [3.05, 3.63) is 75.7 Å². The van der Waals surface area contributed by atoms with Crippen molar-refractivity contribution in [3.8, 4) is 0 Å². The van der Waals surface area contributed by atoms with E-state index in [1.165, 1.54) is 25.7 Å². The van der Waals surface area contributed by atoms with Gasteiger partial charge in [-0.05, 0) is 105 Å². The summed E-state index contributed by atoms with van der Waals surface area (Å²) in [7, 11) is 0. The number of hydrogen-bond donors (Lipinski definition) is 0. The molecule has 6 rings (SSSR count). The predicted octanol–water partition coefficient (Wildman–Crippen LogP) is 8.57. The van der Waals surface area contributed by atoms with Crippen molar-refractivity contribution in [2.75, 3.05) is 22.9 Å². The molecule has 2 saturated carbocycles. The Morgan fingerprint density at radius 2 is 1.32 bits per heavy atom. The Morgan fingerprint density at radius 1 is 0.750 bits per heavy atom. The fraction of sp³-hybridized carbons (Fsp3) is 0.545. The Morgan fingerprint density at radius 3 is 1.84 bits per heavy atom. The second-order valence-electron chi connectivity index (χ2n) is 12.1. The van der Waals surface area contributed by atoms with Gasteiger partial charge < -0.3 is 9.80 Å². The molecule has 1 aromatic carbocycles. The van der Waals surface area contributed by atoms with Crippen LogP contribution in [0.4, 0.5) is 38.1 Å². The zero-order valence-electron chi connectivity index (χ0n) is 25.4. The van der Waals surface area contributed by atoms with Crippen LogP contribution in [0.5, 0.6) is 0 Å². The Bertz CT molecular complexity index is 1380. The van der Waals surface area contributed by atoms with Gasteiger partial charge in [-0.1, -0.05) is 13.8 Å². The van der Waals surface area contributed by atoms with Crippen molar-refractivity contribution < 1.29 is 26.3 Å². The third-order valence-corrected chi connectivity index (χ3v) is 8.19. The number of halogens is 6. The summed E-state index contributed by atoms with van der Waals surface area (Å²) in [4.78, 5) is 18.0. The van der Waals surface area contributed by atoms with Crippen LogP contribution in [-0.2, 0) is 38.3 Å². The molecule has 0 bridgehead atoms. The largest absolute Gasteiger partial charge is 0.416 e. The molecule has 3 aliphatic rings. The van der Waals surface area contributed by atoms with Crippen LogP contribution >= 0.6 is 0 Å². The smallest absolute Gasteiger partial charge is 0.356 e. The molecule has 0 radical (unpaired) electrons. The molecule has 3 aromatic rings. The van der Waals surface area contributed by atoms with Gasteiger partial charge in [-0.2, -0.15) is 26.3 Å². The van der Waals surface area contributed by atoms with Crippen LogP contribution in [0.3, 0.4) is 0 Å². The van der Waals surface area contributed by atoms with E-state index in [0.717, 1.165) is 72.7 Å². The molecule has 3 aliphatic carbocycles. The number of hydrogen-bond acceptors (Lipinski definition) is 5. The molecule has 0 N–H and O–H groups in total. The lowest BCUT2D eigenvalue weighted by Gasteiger charge is -2.30. The van der Waals surface area contributed by atoms with Crippen molar-refractivity contribution in [2.45, 2.75) is 91.2 Å². The SMILES string of the molecule is CC.Cc1cnc(N(Cc2cc(C(F)(F)F)cc(C(F)(F)F)c2)Cc2cc3c(nc2N(CC2CC2)CC2CC2)CCC3)nc1. The summed E-state index contributed by atoms with van der Waals surface area (Å²) >= 11 is 0. The molecule has 2 aromatic heterocycles. The normalized spacial score (nSPS) is 16.3. The molecule has 0 atom stereocenters. The van der Waals surface area contributed by atoms with E-state index >= 15 is 0 Å². The molecular weight excluding hydrogens is 580 g/mol. The van der Waals surface area contributed by atoms with Crippen LogP contribution in [0.15, 0.2) is 36.7 Å². The zero-order valence-corrected chi connectivity index (χ0v) is 25.4. The van der Waals surface area contributed by atoms with Crippen molar-refractivity contribution in [1.82, 2.24) is 15.0 Å². The zero-order chi connectivity index (χ0) is 31.6. The number of aryl methyl sites for hydroxylation is 3. The molecule has 5 nitrogen and oxygen atoms in total. The molecule has 0 spiro atoms. The standard InChI is InChI=1S/C31H33F6N5.C2H6/c1-19-13-38-29(39-14-19)42(17-22-9-25(30(32,33)34)12-26(10-22)31(35,36)37)18-24-11-23-3-2-4-27(23)40-28(24)41(15-20-5-6-20)16-21-7-8-21;1-2/h9-14,20-21H,2-8,15-18H2,1H3;1-2H3. The molecule has 238 valence electrons. The van der Waals surface area contributed by atoms with Crippen LogP contribution in [-0.4, -0.2) is 28.0 Å². The maximum absolute atomic E-state index is 13.7. The van der Waals surface area contributed by atoms with E-state index in [0.29, 0.717) is 11.8 Å². The molecule has 0 aliphatic heterocycles. The van der Waals surface area contributed by atoms with E-state index in [9.17, 15) is 26.3 Å². The minimum Gasteiger partial charge on any atom is -0.356 e. The van der Waals surface area contributed by atoms with Gasteiger partial charge in [0, 0.05) is 49.8 Å². The first-order valence-corrected chi connectivity index (χ1v) is 15.5. The average molecular weight is 620 g/mol. The number of aromatic nitrogens is 3. The van der Waals surface area contributed by atoms with Gasteiger partial charge in [0.05, 0.1) is 11.1 Å². The first kappa shape index (κ1) is 32.0. The molecular formula is C33H39F6N5. The molecule has 0 unspecified atom stereocenters. The number of fused-ring (bicyclic) bond motifs is 1. The van der Waals surface area contributed by atoms with Gasteiger partial charge in [0.25, 0.3) is 0 Å². The second kappa shape index (κ2) is 12.9. The average Bonchev–Trinajstić information content (AvgIpc) is 3.92. The van der Waals surface area contributed by atoms with Gasteiger partial charge in [-0.25, -0.2) is 15.0 Å². The van der Waals surface area contributed by atoms with Crippen LogP contribution in [0.25, 0.3) is 0 Å². The maximum atomic E-state index is 13.7. The van der Waals surface area contributed by atoms with E-state index in [4.69, 9.17) is 4.98 Å². The number of benzene rings is 1. The minimum atomic E-state index is -4.93. The molecule has 0 saturated heterocycles. The first-order chi connectivity index (χ1) is 20.9. The lowest BCUT2D eigenvalue weighted by atomic mass is 10.0. The summed E-state index contributed by atoms with van der Waals surface area (Å²) in [5, 5.41) is 0. The number of rotatable bonds is 10. The van der Waals surface area contributed by atoms with Gasteiger partial charge >= 0.3 is 12.4 Å². The summed E-state index contributed by atoms with van der Waals surface area (Å²) in [6.45, 7) is 7.57. The Kier molecular flexibility index (Phi) is 9.41. The Labute approximate surface area is 254 Å². The van der Waals surface area contributed by atoms with E-state index < -0.39 is 23.5 Å². The topological polar surface area (TPSA) is 45.2 Å². The van der Waals surface area contributed by atoms with Crippen molar-refractivity contribution in [3.63, 3.8) is 0 Å². The lowest BCUT2D eigenvalue weighted by molar-refractivity contribution is -0.143. The third kappa shape index (κ3) is 8.01. The molecule has 2 fully saturated rings. The van der Waals surface area contributed by atoms with Gasteiger partial charge in [0.1, 0.15) is 5.82 Å². The van der Waals surface area contributed by atoms with Crippen molar-refractivity contribution >= 4 is 11.8 Å². The van der Waals surface area contributed by atoms with Crippen LogP contribution < -0.4 is 9.80 Å². The van der Waals surface area contributed by atoms with Crippen molar-refractivity contribution in [2.24, 2.45) is 11.8 Å². The van der Waals surface area contributed by atoms with E-state index in [1.807, 2.05) is 20.8 Å². The maximum Gasteiger partial charge on any atom is 0.416 e. The van der Waals surface area contributed by atoms with Gasteiger partial charge in [0.15, 0.2) is 0 Å². The fourth-order valence-electron chi connectivity index (χ4n) is 5.65. The van der Waals surface area contributed by atoms with E-state index in [-0.39, 0.29) is 30.7 Å². The van der Waals surface area contributed by atoms with Crippen LogP contribution in [0.1, 0.15) is 85.0 Å². The van der Waals surface area contributed by atoms with Gasteiger partial charge in [-0.15, -0.1) is 0 Å². The Hall–Kier alpha value is -3.37.